The first-order valence-electron chi connectivity index (χ1n) is 9.45. The minimum Gasteiger partial charge on any atom is -0.508 e. The first kappa shape index (κ1) is 19.1. The van der Waals surface area contributed by atoms with Crippen LogP contribution in [0.25, 0.3) is 10.2 Å². The van der Waals surface area contributed by atoms with Gasteiger partial charge in [-0.1, -0.05) is 29.5 Å². The number of carbonyl (C=O) groups excluding carboxylic acids is 2. The van der Waals surface area contributed by atoms with Crippen molar-refractivity contribution < 1.29 is 24.2 Å². The molecule has 8 heteroatoms. The molecule has 1 aliphatic rings. The lowest BCUT2D eigenvalue weighted by Crippen LogP contribution is -2.30. The molecule has 2 aromatic carbocycles. The highest BCUT2D eigenvalue weighted by Gasteiger charge is 2.46. The highest BCUT2D eigenvalue weighted by atomic mass is 32.1. The Bertz CT molecular complexity index is 1370. The van der Waals surface area contributed by atoms with Gasteiger partial charge in [0.1, 0.15) is 5.75 Å². The molecule has 2 aromatic heterocycles. The second-order valence-corrected chi connectivity index (χ2v) is 8.22. The van der Waals surface area contributed by atoms with Crippen LogP contribution >= 0.6 is 11.3 Å². The lowest BCUT2D eigenvalue weighted by atomic mass is 9.95. The van der Waals surface area contributed by atoms with Crippen molar-refractivity contribution in [1.29, 1.82) is 0 Å². The fourth-order valence-electron chi connectivity index (χ4n) is 3.71. The lowest BCUT2D eigenvalue weighted by Gasteiger charge is -2.24. The van der Waals surface area contributed by atoms with Gasteiger partial charge in [-0.15, -0.1) is 0 Å². The van der Waals surface area contributed by atoms with Crippen LogP contribution in [-0.4, -0.2) is 26.9 Å². The van der Waals surface area contributed by atoms with E-state index in [0.717, 1.165) is 10.3 Å². The van der Waals surface area contributed by atoms with Gasteiger partial charge in [0.25, 0.3) is 5.91 Å². The fourth-order valence-corrected chi connectivity index (χ4v) is 4.80. The number of aliphatic hydroxyl groups excluding tert-OH is 1. The molecule has 0 bridgehead atoms. The number of aliphatic hydroxyl groups is 1. The van der Waals surface area contributed by atoms with Crippen molar-refractivity contribution in [1.82, 2.24) is 4.98 Å². The summed E-state index contributed by atoms with van der Waals surface area (Å²) in [7, 11) is 0. The van der Waals surface area contributed by atoms with Crippen molar-refractivity contribution in [2.75, 3.05) is 4.90 Å². The van der Waals surface area contributed by atoms with Crippen molar-refractivity contribution in [3.05, 3.63) is 89.1 Å². The Hall–Kier alpha value is -3.91. The monoisotopic (exact) mass is 432 g/mol. The highest BCUT2D eigenvalue weighted by Crippen LogP contribution is 2.44. The quantitative estimate of drug-likeness (QED) is 0.454. The van der Waals surface area contributed by atoms with E-state index in [4.69, 9.17) is 4.42 Å². The molecule has 5 rings (SSSR count). The number of amides is 1. The topological polar surface area (TPSA) is 104 Å². The summed E-state index contributed by atoms with van der Waals surface area (Å²) < 4.78 is 6.09. The molecule has 0 spiro atoms. The molecule has 31 heavy (non-hydrogen) atoms. The van der Waals surface area contributed by atoms with Gasteiger partial charge in [-0.2, -0.15) is 0 Å². The largest absolute Gasteiger partial charge is 0.508 e. The molecule has 0 saturated heterocycles. The molecule has 0 radical (unpaired) electrons. The molecule has 1 atom stereocenters. The van der Waals surface area contributed by atoms with E-state index in [0.29, 0.717) is 16.2 Å². The molecule has 4 aromatic rings. The third-order valence-electron chi connectivity index (χ3n) is 5.12. The molecule has 154 valence electrons. The smallest absolute Gasteiger partial charge is 0.296 e. The van der Waals surface area contributed by atoms with E-state index in [9.17, 15) is 19.8 Å². The van der Waals surface area contributed by atoms with Crippen LogP contribution in [0.2, 0.25) is 0 Å². The summed E-state index contributed by atoms with van der Waals surface area (Å²) in [4.78, 5) is 32.2. The minimum absolute atomic E-state index is 0.00118. The summed E-state index contributed by atoms with van der Waals surface area (Å²) >= 11 is 1.29. The fraction of sp³-hybridized carbons (Fsp3) is 0.0870. The SMILES string of the molecule is Cc1ccc2nc(N3C(=O)C(O)=C(C(=O)c4ccco4)[C@H]3c3cccc(O)c3)sc2c1. The van der Waals surface area contributed by atoms with Crippen molar-refractivity contribution in [3.8, 4) is 5.75 Å². The molecule has 1 amide bonds. The summed E-state index contributed by atoms with van der Waals surface area (Å²) in [6, 6.07) is 14.0. The zero-order valence-corrected chi connectivity index (χ0v) is 17.1. The number of aryl methyl sites for hydroxylation is 1. The molecular formula is C23H16N2O5S. The second-order valence-electron chi connectivity index (χ2n) is 7.21. The van der Waals surface area contributed by atoms with Gasteiger partial charge >= 0.3 is 0 Å². The van der Waals surface area contributed by atoms with Gasteiger partial charge in [0, 0.05) is 0 Å². The molecule has 0 fully saturated rings. The number of furan rings is 1. The first-order valence-corrected chi connectivity index (χ1v) is 10.3. The molecule has 7 nitrogen and oxygen atoms in total. The van der Waals surface area contributed by atoms with Crippen molar-refractivity contribution in [2.24, 2.45) is 0 Å². The number of phenols is 1. The zero-order chi connectivity index (χ0) is 21.7. The van der Waals surface area contributed by atoms with E-state index in [2.05, 4.69) is 4.98 Å². The number of fused-ring (bicyclic) bond motifs is 1. The number of hydrogen-bond donors (Lipinski definition) is 2. The highest BCUT2D eigenvalue weighted by molar-refractivity contribution is 7.22. The number of benzene rings is 2. The van der Waals surface area contributed by atoms with Crippen LogP contribution in [-0.2, 0) is 4.79 Å². The van der Waals surface area contributed by atoms with E-state index in [-0.39, 0.29) is 17.1 Å². The average molecular weight is 432 g/mol. The number of anilines is 1. The minimum atomic E-state index is -0.973. The van der Waals surface area contributed by atoms with Crippen LogP contribution in [0.3, 0.4) is 0 Å². The summed E-state index contributed by atoms with van der Waals surface area (Å²) in [5.74, 6) is -2.03. The van der Waals surface area contributed by atoms with Gasteiger partial charge in [-0.05, 0) is 54.4 Å². The van der Waals surface area contributed by atoms with Crippen LogP contribution in [0.1, 0.15) is 27.7 Å². The molecule has 0 saturated carbocycles. The number of nitrogens with zero attached hydrogens (tertiary/aromatic N) is 2. The Labute approximate surface area is 180 Å². The third kappa shape index (κ3) is 3.08. The normalized spacial score (nSPS) is 16.5. The lowest BCUT2D eigenvalue weighted by molar-refractivity contribution is -0.117. The Kier molecular flexibility index (Phi) is 4.37. The maximum absolute atomic E-state index is 13.2. The number of phenolic OH excluding ortho intramolecular Hbond substituents is 1. The van der Waals surface area contributed by atoms with Crippen LogP contribution < -0.4 is 4.90 Å². The number of thiazole rings is 1. The van der Waals surface area contributed by atoms with Gasteiger partial charge in [-0.3, -0.25) is 14.5 Å². The van der Waals surface area contributed by atoms with E-state index < -0.39 is 23.5 Å². The zero-order valence-electron chi connectivity index (χ0n) is 16.3. The number of ketones is 1. The van der Waals surface area contributed by atoms with Crippen molar-refractivity contribution >= 4 is 38.4 Å². The second kappa shape index (κ2) is 7.10. The Balaban J connectivity index is 1.70. The van der Waals surface area contributed by atoms with Crippen molar-refractivity contribution in [3.63, 3.8) is 0 Å². The molecule has 0 unspecified atom stereocenters. The van der Waals surface area contributed by atoms with Gasteiger partial charge in [0.2, 0.25) is 5.78 Å². The maximum Gasteiger partial charge on any atom is 0.296 e. The number of aromatic hydroxyl groups is 1. The van der Waals surface area contributed by atoms with Gasteiger partial charge < -0.3 is 14.6 Å². The summed E-state index contributed by atoms with van der Waals surface area (Å²) in [6.45, 7) is 1.96. The van der Waals surface area contributed by atoms with Crippen LogP contribution in [0, 0.1) is 6.92 Å². The van der Waals surface area contributed by atoms with E-state index in [1.807, 2.05) is 25.1 Å². The molecular weight excluding hydrogens is 416 g/mol. The summed E-state index contributed by atoms with van der Waals surface area (Å²) in [5.41, 5.74) is 2.09. The number of hydrogen-bond acceptors (Lipinski definition) is 7. The van der Waals surface area contributed by atoms with E-state index in [1.54, 1.807) is 18.2 Å². The van der Waals surface area contributed by atoms with Crippen LogP contribution in [0.4, 0.5) is 5.13 Å². The van der Waals surface area contributed by atoms with Gasteiger partial charge in [-0.25, -0.2) is 4.98 Å². The molecule has 3 heterocycles. The Morgan fingerprint density at radius 3 is 2.71 bits per heavy atom. The Morgan fingerprint density at radius 1 is 1.13 bits per heavy atom. The standard InChI is InChI=1S/C23H16N2O5S/c1-12-7-8-15-17(10-12)31-23(24-15)25-19(13-4-2-5-14(26)11-13)18(21(28)22(25)29)20(27)16-6-3-9-30-16/h2-11,19,26,28H,1H3/t19-/m1/s1. The summed E-state index contributed by atoms with van der Waals surface area (Å²) in [6.07, 6.45) is 1.35. The number of Topliss-reactive ketones (excluding diaryl/α,β-unsaturated/α-hetero) is 1. The maximum atomic E-state index is 13.2. The average Bonchev–Trinajstić information content (AvgIpc) is 3.46. The van der Waals surface area contributed by atoms with Crippen LogP contribution in [0.5, 0.6) is 5.75 Å². The number of rotatable bonds is 4. The summed E-state index contributed by atoms with van der Waals surface area (Å²) in [5, 5.41) is 21.1. The van der Waals surface area contributed by atoms with E-state index >= 15 is 0 Å². The van der Waals surface area contributed by atoms with E-state index in [1.165, 1.54) is 40.7 Å². The predicted molar refractivity (Wildman–Crippen MR) is 115 cm³/mol. The van der Waals surface area contributed by atoms with Gasteiger partial charge in [0.05, 0.1) is 28.1 Å². The Morgan fingerprint density at radius 2 is 1.97 bits per heavy atom. The molecule has 2 N–H and O–H groups in total. The third-order valence-corrected chi connectivity index (χ3v) is 6.14. The molecule has 0 aliphatic carbocycles. The first-order chi connectivity index (χ1) is 14.9. The number of carbonyl (C=O) groups is 2. The van der Waals surface area contributed by atoms with Crippen LogP contribution in [0.15, 0.2) is 76.6 Å². The number of aromatic nitrogens is 1. The molecule has 1 aliphatic heterocycles. The predicted octanol–water partition coefficient (Wildman–Crippen LogP) is 4.69. The van der Waals surface area contributed by atoms with Gasteiger partial charge in [0.15, 0.2) is 16.7 Å². The van der Waals surface area contributed by atoms with Crippen molar-refractivity contribution in [2.45, 2.75) is 13.0 Å².